The summed E-state index contributed by atoms with van der Waals surface area (Å²) in [6.07, 6.45) is 1.16. The van der Waals surface area contributed by atoms with Crippen molar-refractivity contribution in [3.05, 3.63) is 29.5 Å². The summed E-state index contributed by atoms with van der Waals surface area (Å²) in [5.74, 6) is -3.82. The molecule has 0 unspecified atom stereocenters. The molecule has 4 nitrogen and oxygen atoms in total. The number of benzene rings is 1. The van der Waals surface area contributed by atoms with Crippen LogP contribution in [-0.4, -0.2) is 20.9 Å². The number of aryl methyl sites for hydroxylation is 1. The molecule has 1 heterocycles. The van der Waals surface area contributed by atoms with Gasteiger partial charge in [0.15, 0.2) is 5.82 Å². The van der Waals surface area contributed by atoms with Crippen molar-refractivity contribution in [3.8, 4) is 0 Å². The molecular weight excluding hydrogens is 206 g/mol. The van der Waals surface area contributed by atoms with Gasteiger partial charge in [0.2, 0.25) is 0 Å². The molecule has 2 aromatic rings. The van der Waals surface area contributed by atoms with Crippen LogP contribution < -0.4 is 0 Å². The molecule has 78 valence electrons. The van der Waals surface area contributed by atoms with E-state index in [-0.39, 0.29) is 10.9 Å². The number of aromatic nitrogens is 2. The van der Waals surface area contributed by atoms with Gasteiger partial charge in [-0.15, -0.1) is 0 Å². The SMILES string of the molecule is Cn1ncc2c(F)c(C(=O)O)c(F)cc21. The van der Waals surface area contributed by atoms with E-state index in [0.29, 0.717) is 0 Å². The van der Waals surface area contributed by atoms with Crippen LogP contribution in [0.3, 0.4) is 0 Å². The van der Waals surface area contributed by atoms with Crippen LogP contribution in [-0.2, 0) is 7.05 Å². The lowest BCUT2D eigenvalue weighted by Gasteiger charge is -2.01. The molecule has 2 rings (SSSR count). The maximum absolute atomic E-state index is 13.5. The Bertz CT molecular complexity index is 563. The van der Waals surface area contributed by atoms with Gasteiger partial charge in [0.25, 0.3) is 0 Å². The number of hydrogen-bond acceptors (Lipinski definition) is 2. The second-order valence-corrected chi connectivity index (χ2v) is 3.05. The predicted molar refractivity (Wildman–Crippen MR) is 47.6 cm³/mol. The third kappa shape index (κ3) is 1.25. The summed E-state index contributed by atoms with van der Waals surface area (Å²) in [5, 5.41) is 12.3. The average Bonchev–Trinajstić information content (AvgIpc) is 2.47. The van der Waals surface area contributed by atoms with Crippen LogP contribution in [0, 0.1) is 11.6 Å². The number of halogens is 2. The van der Waals surface area contributed by atoms with Gasteiger partial charge in [0.05, 0.1) is 17.1 Å². The Morgan fingerprint density at radius 3 is 2.80 bits per heavy atom. The van der Waals surface area contributed by atoms with Crippen LogP contribution in [0.2, 0.25) is 0 Å². The molecule has 15 heavy (non-hydrogen) atoms. The van der Waals surface area contributed by atoms with E-state index in [4.69, 9.17) is 5.11 Å². The van der Waals surface area contributed by atoms with E-state index in [0.717, 1.165) is 12.3 Å². The number of hydrogen-bond donors (Lipinski definition) is 1. The summed E-state index contributed by atoms with van der Waals surface area (Å²) in [5.41, 5.74) is -0.731. The maximum atomic E-state index is 13.5. The van der Waals surface area contributed by atoms with Crippen LogP contribution in [0.5, 0.6) is 0 Å². The molecule has 0 amide bonds. The molecule has 0 saturated heterocycles. The van der Waals surface area contributed by atoms with Crippen molar-refractivity contribution >= 4 is 16.9 Å². The molecule has 0 spiro atoms. The standard InChI is InChI=1S/C9H6F2N2O2/c1-13-6-2-5(10)7(9(14)15)8(11)4(6)3-12-13/h2-3H,1H3,(H,14,15). The van der Waals surface area contributed by atoms with Crippen molar-refractivity contribution in [2.24, 2.45) is 7.05 Å². The molecule has 0 radical (unpaired) electrons. The van der Waals surface area contributed by atoms with Crippen molar-refractivity contribution in [2.75, 3.05) is 0 Å². The highest BCUT2D eigenvalue weighted by molar-refractivity contribution is 5.94. The highest BCUT2D eigenvalue weighted by atomic mass is 19.1. The highest BCUT2D eigenvalue weighted by Gasteiger charge is 2.21. The van der Waals surface area contributed by atoms with E-state index in [9.17, 15) is 13.6 Å². The second kappa shape index (κ2) is 3.01. The topological polar surface area (TPSA) is 55.1 Å². The Kier molecular flexibility index (Phi) is 1.92. The van der Waals surface area contributed by atoms with Crippen LogP contribution in [0.4, 0.5) is 8.78 Å². The lowest BCUT2D eigenvalue weighted by atomic mass is 10.1. The molecule has 0 aliphatic heterocycles. The third-order valence-electron chi connectivity index (χ3n) is 2.16. The van der Waals surface area contributed by atoms with Gasteiger partial charge < -0.3 is 5.11 Å². The van der Waals surface area contributed by atoms with E-state index in [1.165, 1.54) is 11.7 Å². The van der Waals surface area contributed by atoms with Crippen molar-refractivity contribution in [1.29, 1.82) is 0 Å². The van der Waals surface area contributed by atoms with Crippen molar-refractivity contribution < 1.29 is 18.7 Å². The Morgan fingerprint density at radius 2 is 2.20 bits per heavy atom. The van der Waals surface area contributed by atoms with Gasteiger partial charge in [0, 0.05) is 13.1 Å². The number of carboxylic acids is 1. The predicted octanol–water partition coefficient (Wildman–Crippen LogP) is 1.55. The Labute approximate surface area is 82.7 Å². The first-order valence-corrected chi connectivity index (χ1v) is 4.05. The smallest absolute Gasteiger partial charge is 0.341 e. The van der Waals surface area contributed by atoms with E-state index < -0.39 is 23.2 Å². The van der Waals surface area contributed by atoms with E-state index in [1.807, 2.05) is 0 Å². The summed E-state index contributed by atoms with van der Waals surface area (Å²) in [6, 6.07) is 0.953. The van der Waals surface area contributed by atoms with Crippen LogP contribution in [0.25, 0.3) is 10.9 Å². The van der Waals surface area contributed by atoms with Gasteiger partial charge in [-0.05, 0) is 0 Å². The largest absolute Gasteiger partial charge is 0.477 e. The first-order valence-electron chi connectivity index (χ1n) is 4.05. The molecule has 1 aromatic carbocycles. The van der Waals surface area contributed by atoms with Gasteiger partial charge >= 0.3 is 5.97 Å². The monoisotopic (exact) mass is 212 g/mol. The quantitative estimate of drug-likeness (QED) is 0.780. The third-order valence-corrected chi connectivity index (χ3v) is 2.16. The minimum atomic E-state index is -1.63. The minimum Gasteiger partial charge on any atom is -0.477 e. The van der Waals surface area contributed by atoms with Gasteiger partial charge in [0.1, 0.15) is 11.4 Å². The average molecular weight is 212 g/mol. The van der Waals surface area contributed by atoms with Crippen molar-refractivity contribution in [1.82, 2.24) is 9.78 Å². The van der Waals surface area contributed by atoms with Gasteiger partial charge in [-0.1, -0.05) is 0 Å². The molecule has 0 fully saturated rings. The molecular formula is C9H6F2N2O2. The zero-order valence-corrected chi connectivity index (χ0v) is 7.66. The minimum absolute atomic E-state index is 0.00343. The second-order valence-electron chi connectivity index (χ2n) is 3.05. The molecule has 0 aliphatic rings. The Hall–Kier alpha value is -1.98. The first-order chi connectivity index (χ1) is 7.02. The van der Waals surface area contributed by atoms with Gasteiger partial charge in [-0.25, -0.2) is 13.6 Å². The van der Waals surface area contributed by atoms with Crippen LogP contribution in [0.15, 0.2) is 12.3 Å². The van der Waals surface area contributed by atoms with E-state index in [1.54, 1.807) is 0 Å². The molecule has 0 atom stereocenters. The zero-order valence-electron chi connectivity index (χ0n) is 7.66. The number of nitrogens with zero attached hydrogens (tertiary/aromatic N) is 2. The summed E-state index contributed by atoms with van der Waals surface area (Å²) in [7, 11) is 1.52. The lowest BCUT2D eigenvalue weighted by Crippen LogP contribution is -2.05. The van der Waals surface area contributed by atoms with Crippen molar-refractivity contribution in [2.45, 2.75) is 0 Å². The fraction of sp³-hybridized carbons (Fsp3) is 0.111. The number of rotatable bonds is 1. The van der Waals surface area contributed by atoms with Crippen LogP contribution in [0.1, 0.15) is 10.4 Å². The van der Waals surface area contributed by atoms with Crippen molar-refractivity contribution in [3.63, 3.8) is 0 Å². The van der Waals surface area contributed by atoms with Gasteiger partial charge in [-0.2, -0.15) is 5.10 Å². The molecule has 0 saturated carbocycles. The zero-order chi connectivity index (χ0) is 11.2. The molecule has 0 aliphatic carbocycles. The van der Waals surface area contributed by atoms with E-state index >= 15 is 0 Å². The normalized spacial score (nSPS) is 10.9. The number of carbonyl (C=O) groups is 1. The molecule has 6 heteroatoms. The highest BCUT2D eigenvalue weighted by Crippen LogP contribution is 2.23. The Balaban J connectivity index is 2.91. The fourth-order valence-electron chi connectivity index (χ4n) is 1.42. The summed E-state index contributed by atoms with van der Waals surface area (Å²) >= 11 is 0. The first kappa shape index (κ1) is 9.57. The summed E-state index contributed by atoms with van der Waals surface area (Å²) in [4.78, 5) is 10.6. The molecule has 1 N–H and O–H groups in total. The Morgan fingerprint density at radius 1 is 1.53 bits per heavy atom. The summed E-state index contributed by atoms with van der Waals surface area (Å²) in [6.45, 7) is 0. The number of fused-ring (bicyclic) bond motifs is 1. The fourth-order valence-corrected chi connectivity index (χ4v) is 1.42. The molecule has 0 bridgehead atoms. The summed E-state index contributed by atoms with van der Waals surface area (Å²) < 4.78 is 28.0. The lowest BCUT2D eigenvalue weighted by molar-refractivity contribution is 0.0687. The number of aromatic carboxylic acids is 1. The van der Waals surface area contributed by atoms with Crippen LogP contribution >= 0.6 is 0 Å². The maximum Gasteiger partial charge on any atom is 0.341 e. The van der Waals surface area contributed by atoms with E-state index in [2.05, 4.69) is 5.10 Å². The van der Waals surface area contributed by atoms with Gasteiger partial charge in [-0.3, -0.25) is 4.68 Å². The molecule has 1 aromatic heterocycles. The number of carboxylic acid groups (broad SMARTS) is 1.